The second-order valence-corrected chi connectivity index (χ2v) is 32.2. The van der Waals surface area contributed by atoms with Gasteiger partial charge >= 0.3 is 11.9 Å². The number of carboxylic acid groups (broad SMARTS) is 2. The lowest BCUT2D eigenvalue weighted by Crippen LogP contribution is -2.73. The number of rotatable bonds is 35. The molecule has 10 saturated heterocycles. The van der Waals surface area contributed by atoms with Gasteiger partial charge in [0.05, 0.1) is 77.7 Å². The van der Waals surface area contributed by atoms with Crippen LogP contribution in [0.25, 0.3) is 0 Å². The Hall–Kier alpha value is -3.26. The van der Waals surface area contributed by atoms with Gasteiger partial charge in [0, 0.05) is 6.42 Å². The van der Waals surface area contributed by atoms with Crippen molar-refractivity contribution < 1.29 is 289 Å². The molecule has 0 aromatic heterocycles. The third-order valence-electron chi connectivity index (χ3n) is 23.4. The monoisotopic (exact) mass is 1870 g/mol. The van der Waals surface area contributed by atoms with Gasteiger partial charge in [-0.25, -0.2) is 9.59 Å². The average Bonchev–Trinajstić information content (AvgIpc) is 0.726. The number of carbonyl (C=O) groups is 2. The summed E-state index contributed by atoms with van der Waals surface area (Å²) in [5.41, 5.74) is 5.70. The first-order valence-corrected chi connectivity index (χ1v) is 39.7. The van der Waals surface area contributed by atoms with Gasteiger partial charge in [0.25, 0.3) is 11.6 Å². The van der Waals surface area contributed by atoms with Crippen LogP contribution in [0.5, 0.6) is 0 Å². The van der Waals surface area contributed by atoms with Crippen LogP contribution < -0.4 is 5.73 Å². The molecule has 59 nitrogen and oxygen atoms in total. The lowest BCUT2D eigenvalue weighted by Gasteiger charge is -2.53. The van der Waals surface area contributed by atoms with Crippen LogP contribution in [-0.2, 0) is 99.6 Å². The summed E-state index contributed by atoms with van der Waals surface area (Å²) < 4.78 is 108. The number of aliphatic hydroxyl groups excluding tert-OH is 34. The number of aliphatic carboxylic acids is 2. The van der Waals surface area contributed by atoms with Crippen LogP contribution in [0.15, 0.2) is 0 Å². The molecule has 0 radical (unpaired) electrons. The molecule has 39 N–H and O–H groups in total. The summed E-state index contributed by atoms with van der Waals surface area (Å²) in [6.45, 7) is -9.98. The highest BCUT2D eigenvalue weighted by Gasteiger charge is 2.68. The second kappa shape index (κ2) is 44.3. The molecule has 0 bridgehead atoms. The lowest BCUT2D eigenvalue weighted by atomic mass is 9.88. The van der Waals surface area contributed by atoms with Gasteiger partial charge < -0.3 is 285 Å². The van der Waals surface area contributed by atoms with Crippen molar-refractivity contribution in [1.29, 1.82) is 0 Å². The Morgan fingerprint density at radius 2 is 0.724 bits per heavy atom. The maximum absolute atomic E-state index is 13.8. The number of aliphatic hydroxyl groups is 35. The Balaban J connectivity index is 0.990. The first-order chi connectivity index (χ1) is 59.6. The van der Waals surface area contributed by atoms with E-state index in [1.165, 1.54) is 0 Å². The van der Waals surface area contributed by atoms with Gasteiger partial charge in [-0.2, -0.15) is 0 Å². The molecule has 10 aliphatic heterocycles. The van der Waals surface area contributed by atoms with Crippen molar-refractivity contribution in [1.82, 2.24) is 0 Å². The predicted molar refractivity (Wildman–Crippen MR) is 378 cm³/mol. The summed E-state index contributed by atoms with van der Waals surface area (Å²) in [6, 6.07) is -1.19. The van der Waals surface area contributed by atoms with E-state index in [0.29, 0.717) is 0 Å². The molecule has 0 spiro atoms. The van der Waals surface area contributed by atoms with Gasteiger partial charge in [0.2, 0.25) is 0 Å². The zero-order valence-electron chi connectivity index (χ0n) is 66.4. The van der Waals surface area contributed by atoms with Crippen molar-refractivity contribution in [3.63, 3.8) is 0 Å². The molecule has 0 saturated carbocycles. The molecule has 10 heterocycles. The summed E-state index contributed by atoms with van der Waals surface area (Å²) in [7, 11) is 0. The van der Waals surface area contributed by atoms with Crippen LogP contribution in [0.3, 0.4) is 0 Å². The minimum atomic E-state index is -4.09. The van der Waals surface area contributed by atoms with E-state index in [1.54, 1.807) is 0 Å². The van der Waals surface area contributed by atoms with E-state index in [2.05, 4.69) is 0 Å². The van der Waals surface area contributed by atoms with Crippen molar-refractivity contribution in [3.8, 4) is 0 Å². The molecule has 0 aromatic carbocycles. The standard InChI is InChI=1S/C68H115NO58/c1-12-23(82)26(85)38(97)60(113-12)123-54-33(92)32(91)47(19(80)10-112-59-42(101)52(41(100)45(116-59)15(76)4-71)121-62-40(99)29(88)31(90)46(117-62)18(79)9-111-58-37(96)28(87)30(89)44(115-58)14(75)3-70)118-64(54)122-53-43(102)63(119-49(16(77)5-72)55(53)124-61-39(98)27(86)25(84)22(7-74)114-61)120-51-21(2-67(108,65(104)105)126-50(51)17(78)6-73)125-68(66(106)107)56(103)35(94)34(93)48(127-68)20(81)11-110-57-36(95)24(83)13(69)8-109-57/h12-64,70-103,108H,2-11,69H2,1H3,(H,104,105)(H,106,107)/t12-,13-,14+,15-,16-,17+,18-,19-,20+,21+,22+,23-,24-,25+,26+,27-,28-,29-,30-,31-,32-,33-,34+,35-,36+,37-,38+,39+,40-,41+,42-,43-,44+,45+,46+,47+,48+,49+,50+,51+,52-,53+,54-,55+,56-,57+,58-,59-,60-,61-,62+,63+,64+,67+,68+/m0/s1. The van der Waals surface area contributed by atoms with Crippen LogP contribution in [0, 0.1) is 0 Å². The third kappa shape index (κ3) is 22.1. The van der Waals surface area contributed by atoms with E-state index >= 15 is 0 Å². The van der Waals surface area contributed by atoms with E-state index < -0.39 is 414 Å². The predicted octanol–water partition coefficient (Wildman–Crippen LogP) is -25.7. The van der Waals surface area contributed by atoms with E-state index in [0.717, 1.165) is 6.92 Å². The quantitative estimate of drug-likeness (QED) is 0.0280. The van der Waals surface area contributed by atoms with Crippen molar-refractivity contribution in [3.05, 3.63) is 0 Å². The van der Waals surface area contributed by atoms with E-state index in [4.69, 9.17) is 95.7 Å². The zero-order valence-corrected chi connectivity index (χ0v) is 66.4. The average molecular weight is 1870 g/mol. The smallest absolute Gasteiger partial charge is 0.367 e. The van der Waals surface area contributed by atoms with Crippen molar-refractivity contribution in [2.24, 2.45) is 5.73 Å². The highest BCUT2D eigenvalue weighted by Crippen LogP contribution is 2.45. The summed E-state index contributed by atoms with van der Waals surface area (Å²) in [5, 5.41) is 411. The second-order valence-electron chi connectivity index (χ2n) is 32.2. The van der Waals surface area contributed by atoms with E-state index in [-0.39, 0.29) is 0 Å². The van der Waals surface area contributed by atoms with Gasteiger partial charge in [-0.05, 0) is 6.92 Å². The van der Waals surface area contributed by atoms with Crippen LogP contribution in [0.4, 0.5) is 0 Å². The molecule has 55 atom stereocenters. The Morgan fingerprint density at radius 1 is 0.346 bits per heavy atom. The molecule has 10 aliphatic rings. The molecule has 127 heavy (non-hydrogen) atoms. The minimum Gasteiger partial charge on any atom is -0.477 e. The van der Waals surface area contributed by atoms with Crippen molar-refractivity contribution >= 4 is 11.9 Å². The Labute approximate surface area is 713 Å². The van der Waals surface area contributed by atoms with E-state index in [9.17, 15) is 199 Å². The highest BCUT2D eigenvalue weighted by molar-refractivity contribution is 5.77. The molecule has 0 aromatic rings. The fourth-order valence-electron chi connectivity index (χ4n) is 15.9. The normalized spacial score (nSPS) is 50.2. The van der Waals surface area contributed by atoms with Gasteiger partial charge in [-0.1, -0.05) is 0 Å². The fraction of sp³-hybridized carbons (Fsp3) is 0.971. The van der Waals surface area contributed by atoms with E-state index in [1.807, 2.05) is 0 Å². The molecule has 0 aliphatic carbocycles. The summed E-state index contributed by atoms with van der Waals surface area (Å²) in [5.74, 6) is -13.0. The van der Waals surface area contributed by atoms with Gasteiger partial charge in [0.15, 0.2) is 50.3 Å². The van der Waals surface area contributed by atoms with Crippen molar-refractivity contribution in [2.45, 2.75) is 350 Å². The minimum absolute atomic E-state index is 0.480. The molecule has 740 valence electrons. The highest BCUT2D eigenvalue weighted by atomic mass is 16.8. The molecular weight excluding hydrogens is 1760 g/mol. The Bertz CT molecular complexity index is 3400. The van der Waals surface area contributed by atoms with Crippen LogP contribution in [-0.4, -0.2) is 597 Å². The van der Waals surface area contributed by atoms with Gasteiger partial charge in [-0.3, -0.25) is 0 Å². The van der Waals surface area contributed by atoms with Crippen LogP contribution in [0.2, 0.25) is 0 Å². The molecule has 10 fully saturated rings. The first-order valence-electron chi connectivity index (χ1n) is 39.7. The molecule has 0 amide bonds. The number of hydrogen-bond acceptors (Lipinski definition) is 57. The fourth-order valence-corrected chi connectivity index (χ4v) is 15.9. The summed E-state index contributed by atoms with van der Waals surface area (Å²) in [6.07, 6.45) is -128. The molecule has 0 unspecified atom stereocenters. The molecular formula is C68H115NO58. The first kappa shape index (κ1) is 106. The number of carboxylic acids is 2. The van der Waals surface area contributed by atoms with Gasteiger partial charge in [-0.15, -0.1) is 0 Å². The lowest BCUT2D eigenvalue weighted by molar-refractivity contribution is -0.423. The maximum Gasteiger partial charge on any atom is 0.367 e. The number of nitrogens with two attached hydrogens (primary N) is 1. The summed E-state index contributed by atoms with van der Waals surface area (Å²) in [4.78, 5) is 26.9. The van der Waals surface area contributed by atoms with Crippen LogP contribution >= 0.6 is 0 Å². The summed E-state index contributed by atoms with van der Waals surface area (Å²) >= 11 is 0. The molecule has 59 heteroatoms. The third-order valence-corrected chi connectivity index (χ3v) is 23.4. The largest absolute Gasteiger partial charge is 0.477 e. The Morgan fingerprint density at radius 3 is 1.26 bits per heavy atom. The maximum atomic E-state index is 13.8. The number of ether oxygens (including phenoxy) is 19. The number of hydrogen-bond donors (Lipinski definition) is 38. The SMILES string of the molecule is C[C@@H]1O[C@@H](O[C@@H]2[C@@H](O[C@@H]3[C@H](O)[C@@H](O[C@H]4[C@@H]([C@H](O)CO)O[C@@](O)(C(=O)O)C[C@H]4O[C@@]4(C(=O)O)O[C@H]([C@H](O)CO[C@H]5OC[C@H](N)[C@H](O)[C@H]5O)[C@H](O)[C@H](O)[C@@H]4O)O[C@H]([C@@H](O)CO)[C@H]3O[C@@H]3O[C@H](CO)[C@@H](O)[C@H](O)[C@H]3O)O[C@H]([C@@H](O)CO[C@H]3O[C@H]([C@@H](O)CO)[C@@H](O)[C@H](O[C@H]4O[C@H]([C@@H](O)CO[C@H]5O[C@H]([C@H](O)CO)[C@@H](O)[C@H](O)[C@@H]5O)[C@@H](O)[C@H](O)[C@@H]4O)[C@@H]3O)[C@@H](O)[C@@H]2O)[C@H](O)[C@H](O)[C@H]1O. The van der Waals surface area contributed by atoms with Crippen molar-refractivity contribution in [2.75, 3.05) is 59.5 Å². The Kier molecular flexibility index (Phi) is 36.9. The molecule has 10 rings (SSSR count). The van der Waals surface area contributed by atoms with Crippen LogP contribution in [0.1, 0.15) is 13.3 Å². The zero-order chi connectivity index (χ0) is 94.3. The topological polar surface area (TPSA) is 984 Å². The van der Waals surface area contributed by atoms with Gasteiger partial charge in [0.1, 0.15) is 256 Å².